The van der Waals surface area contributed by atoms with Crippen LogP contribution in [-0.2, 0) is 21.4 Å². The summed E-state index contributed by atoms with van der Waals surface area (Å²) in [6.45, 7) is 0.227. The van der Waals surface area contributed by atoms with Crippen LogP contribution in [0.2, 0.25) is 0 Å². The van der Waals surface area contributed by atoms with Gasteiger partial charge in [-0.15, -0.1) is 0 Å². The van der Waals surface area contributed by atoms with E-state index in [9.17, 15) is 22.0 Å². The lowest BCUT2D eigenvalue weighted by molar-refractivity contribution is -0.123. The molecule has 1 aliphatic rings. The first kappa shape index (κ1) is 25.3. The summed E-state index contributed by atoms with van der Waals surface area (Å²) < 4.78 is 66.1. The van der Waals surface area contributed by atoms with E-state index in [2.05, 4.69) is 4.98 Å². The molecule has 0 aliphatic carbocycles. The Morgan fingerprint density at radius 1 is 1.19 bits per heavy atom. The Morgan fingerprint density at radius 2 is 1.97 bits per heavy atom. The summed E-state index contributed by atoms with van der Waals surface area (Å²) in [4.78, 5) is 19.3. The van der Waals surface area contributed by atoms with E-state index in [4.69, 9.17) is 9.15 Å². The smallest absolute Gasteiger partial charge is 0.245 e. The average Bonchev–Trinajstić information content (AvgIpc) is 3.56. The maximum Gasteiger partial charge on any atom is 0.245 e. The van der Waals surface area contributed by atoms with Gasteiger partial charge in [0.05, 0.1) is 30.1 Å². The molecule has 37 heavy (non-hydrogen) atoms. The summed E-state index contributed by atoms with van der Waals surface area (Å²) in [5, 5.41) is 0.494. The molecule has 12 heteroatoms. The number of ether oxygens (including phenoxy) is 1. The van der Waals surface area contributed by atoms with E-state index in [1.807, 2.05) is 12.1 Å². The van der Waals surface area contributed by atoms with Gasteiger partial charge in [0.15, 0.2) is 5.13 Å². The van der Waals surface area contributed by atoms with Gasteiger partial charge in [0.1, 0.15) is 28.0 Å². The molecule has 0 atom stereocenters. The average molecular weight is 548 g/mol. The zero-order chi connectivity index (χ0) is 26.2. The van der Waals surface area contributed by atoms with Crippen LogP contribution >= 0.6 is 11.3 Å². The summed E-state index contributed by atoms with van der Waals surface area (Å²) in [5.41, 5.74) is 0.722. The van der Waals surface area contributed by atoms with Gasteiger partial charge in [0.2, 0.25) is 15.9 Å². The minimum absolute atomic E-state index is 0.0290. The van der Waals surface area contributed by atoms with Gasteiger partial charge in [-0.3, -0.25) is 9.69 Å². The van der Waals surface area contributed by atoms with Gasteiger partial charge in [-0.1, -0.05) is 11.3 Å². The van der Waals surface area contributed by atoms with Crippen LogP contribution in [0.5, 0.6) is 5.75 Å². The number of nitrogens with zero attached hydrogens (tertiary/aromatic N) is 3. The van der Waals surface area contributed by atoms with E-state index in [-0.39, 0.29) is 38.4 Å². The molecule has 0 bridgehead atoms. The second-order valence-electron chi connectivity index (χ2n) is 8.59. The highest BCUT2D eigenvalue weighted by Gasteiger charge is 2.36. The largest absolute Gasteiger partial charge is 0.497 e. The number of thiazole rings is 1. The summed E-state index contributed by atoms with van der Waals surface area (Å²) in [6.07, 6.45) is 2.02. The van der Waals surface area contributed by atoms with Crippen LogP contribution in [-0.4, -0.2) is 43.8 Å². The van der Waals surface area contributed by atoms with E-state index >= 15 is 0 Å². The molecule has 2 aromatic carbocycles. The normalized spacial score (nSPS) is 15.2. The van der Waals surface area contributed by atoms with Crippen LogP contribution in [0.15, 0.2) is 64.1 Å². The van der Waals surface area contributed by atoms with E-state index in [0.717, 1.165) is 26.7 Å². The number of hydrogen-bond acceptors (Lipinski definition) is 7. The lowest BCUT2D eigenvalue weighted by atomic mass is 9.96. The number of piperidine rings is 1. The van der Waals surface area contributed by atoms with Crippen molar-refractivity contribution >= 4 is 42.6 Å². The van der Waals surface area contributed by atoms with Crippen LogP contribution < -0.4 is 9.64 Å². The number of methoxy groups -OCH3 is 1. The zero-order valence-electron chi connectivity index (χ0n) is 19.8. The molecule has 0 unspecified atom stereocenters. The van der Waals surface area contributed by atoms with Crippen molar-refractivity contribution in [3.63, 3.8) is 0 Å². The third-order valence-corrected chi connectivity index (χ3v) is 9.26. The fourth-order valence-electron chi connectivity index (χ4n) is 4.32. The van der Waals surface area contributed by atoms with E-state index in [1.165, 1.54) is 17.6 Å². The summed E-state index contributed by atoms with van der Waals surface area (Å²) >= 11 is 1.35. The highest BCUT2D eigenvalue weighted by atomic mass is 32.2. The molecule has 0 spiro atoms. The van der Waals surface area contributed by atoms with Crippen LogP contribution in [0.1, 0.15) is 18.6 Å². The van der Waals surface area contributed by atoms with Gasteiger partial charge >= 0.3 is 0 Å². The third-order valence-electron chi connectivity index (χ3n) is 6.29. The molecular formula is C25H23F2N3O5S2. The van der Waals surface area contributed by atoms with Crippen LogP contribution in [0.3, 0.4) is 0 Å². The summed E-state index contributed by atoms with van der Waals surface area (Å²) in [6, 6.07) is 11.3. The molecule has 3 heterocycles. The van der Waals surface area contributed by atoms with E-state index in [1.54, 1.807) is 30.2 Å². The van der Waals surface area contributed by atoms with E-state index < -0.39 is 32.5 Å². The molecule has 0 saturated carbocycles. The minimum Gasteiger partial charge on any atom is -0.497 e. The Balaban J connectivity index is 1.36. The monoisotopic (exact) mass is 547 g/mol. The molecular weight excluding hydrogens is 524 g/mol. The van der Waals surface area contributed by atoms with E-state index in [0.29, 0.717) is 22.7 Å². The topological polar surface area (TPSA) is 92.9 Å². The predicted octanol–water partition coefficient (Wildman–Crippen LogP) is 4.81. The third kappa shape index (κ3) is 5.09. The van der Waals surface area contributed by atoms with Crippen LogP contribution in [0, 0.1) is 17.6 Å². The maximum atomic E-state index is 14.2. The van der Waals surface area contributed by atoms with Crippen molar-refractivity contribution in [2.45, 2.75) is 24.3 Å². The second-order valence-corrected chi connectivity index (χ2v) is 11.5. The van der Waals surface area contributed by atoms with Gasteiger partial charge in [0.25, 0.3) is 0 Å². The van der Waals surface area contributed by atoms with Crippen molar-refractivity contribution in [2.24, 2.45) is 5.92 Å². The number of amides is 1. The number of rotatable bonds is 7. The van der Waals surface area contributed by atoms with Gasteiger partial charge < -0.3 is 9.15 Å². The van der Waals surface area contributed by atoms with Crippen molar-refractivity contribution in [1.82, 2.24) is 9.29 Å². The zero-order valence-corrected chi connectivity index (χ0v) is 21.4. The number of furan rings is 1. The highest BCUT2D eigenvalue weighted by molar-refractivity contribution is 7.89. The fraction of sp³-hybridized carbons (Fsp3) is 0.280. The highest BCUT2D eigenvalue weighted by Crippen LogP contribution is 2.34. The van der Waals surface area contributed by atoms with Crippen molar-refractivity contribution < 1.29 is 31.1 Å². The number of carbonyl (C=O) groups is 1. The van der Waals surface area contributed by atoms with Gasteiger partial charge in [-0.25, -0.2) is 22.2 Å². The Morgan fingerprint density at radius 3 is 2.65 bits per heavy atom. The lowest BCUT2D eigenvalue weighted by Gasteiger charge is -2.32. The number of aromatic nitrogens is 1. The first-order valence-electron chi connectivity index (χ1n) is 11.5. The summed E-state index contributed by atoms with van der Waals surface area (Å²) in [7, 11) is -2.59. The number of benzene rings is 2. The van der Waals surface area contributed by atoms with Crippen molar-refractivity contribution in [1.29, 1.82) is 0 Å². The number of halogens is 2. The maximum absolute atomic E-state index is 14.2. The molecule has 5 rings (SSSR count). The minimum atomic E-state index is -4.17. The molecule has 1 aliphatic heterocycles. The standard InChI is InChI=1S/C25H23F2N3O5S2/c1-34-18-5-6-21-22(14-18)36-25(28-21)30(15-19-3-2-12-35-19)24(31)16-8-10-29(11-9-16)37(32,33)23-7-4-17(26)13-20(23)27/h2-7,12-14,16H,8-11,15H2,1H3. The molecule has 2 aromatic heterocycles. The van der Waals surface area contributed by atoms with Crippen molar-refractivity contribution in [3.8, 4) is 5.75 Å². The summed E-state index contributed by atoms with van der Waals surface area (Å²) in [5.74, 6) is -1.41. The Bertz CT molecular complexity index is 1530. The number of carbonyl (C=O) groups excluding carboxylic acids is 1. The molecule has 8 nitrogen and oxygen atoms in total. The number of fused-ring (bicyclic) bond motifs is 1. The number of sulfonamides is 1. The van der Waals surface area contributed by atoms with Gasteiger partial charge in [-0.2, -0.15) is 4.31 Å². The molecule has 0 N–H and O–H groups in total. The van der Waals surface area contributed by atoms with Crippen LogP contribution in [0.4, 0.5) is 13.9 Å². The molecule has 1 saturated heterocycles. The van der Waals surface area contributed by atoms with Gasteiger partial charge in [-0.05, 0) is 55.3 Å². The second kappa shape index (κ2) is 10.2. The first-order chi connectivity index (χ1) is 17.8. The molecule has 1 amide bonds. The lowest BCUT2D eigenvalue weighted by Crippen LogP contribution is -2.44. The van der Waals surface area contributed by atoms with Crippen LogP contribution in [0.25, 0.3) is 10.2 Å². The molecule has 0 radical (unpaired) electrons. The van der Waals surface area contributed by atoms with Crippen molar-refractivity contribution in [3.05, 3.63) is 72.2 Å². The SMILES string of the molecule is COc1ccc2nc(N(Cc3ccco3)C(=O)C3CCN(S(=O)(=O)c4ccc(F)cc4F)CC3)sc2c1. The quantitative estimate of drug-likeness (QED) is 0.330. The molecule has 4 aromatic rings. The number of hydrogen-bond donors (Lipinski definition) is 0. The Labute approximate surface area is 216 Å². The molecule has 1 fully saturated rings. The predicted molar refractivity (Wildman–Crippen MR) is 134 cm³/mol. The Hall–Kier alpha value is -3.35. The fourth-order valence-corrected chi connectivity index (χ4v) is 6.83. The molecule has 194 valence electrons. The van der Waals surface area contributed by atoms with Crippen molar-refractivity contribution in [2.75, 3.05) is 25.1 Å². The first-order valence-corrected chi connectivity index (χ1v) is 13.8. The Kier molecular flexibility index (Phi) is 6.97. The number of anilines is 1. The van der Waals surface area contributed by atoms with Gasteiger partial charge in [0, 0.05) is 25.1 Å².